The fourth-order valence-electron chi connectivity index (χ4n) is 1.33. The largest absolute Gasteiger partial charge is 0.491 e. The molecule has 0 fully saturated rings. The van der Waals surface area contributed by atoms with E-state index in [1.54, 1.807) is 12.1 Å². The SMILES string of the molecule is Cc1ccccc1OCCN(C)C(=O)C(F)(F)F. The zero-order chi connectivity index (χ0) is 13.8. The molecule has 0 heterocycles. The van der Waals surface area contributed by atoms with Crippen LogP contribution in [-0.2, 0) is 4.79 Å². The van der Waals surface area contributed by atoms with E-state index >= 15 is 0 Å². The highest BCUT2D eigenvalue weighted by Crippen LogP contribution is 2.18. The second-order valence-corrected chi connectivity index (χ2v) is 3.84. The highest BCUT2D eigenvalue weighted by molar-refractivity contribution is 5.81. The Balaban J connectivity index is 2.43. The van der Waals surface area contributed by atoms with Crippen molar-refractivity contribution >= 4 is 5.91 Å². The summed E-state index contributed by atoms with van der Waals surface area (Å²) in [7, 11) is 1.09. The van der Waals surface area contributed by atoms with Crippen LogP contribution < -0.4 is 4.74 Å². The van der Waals surface area contributed by atoms with E-state index in [4.69, 9.17) is 4.74 Å². The summed E-state index contributed by atoms with van der Waals surface area (Å²) >= 11 is 0. The van der Waals surface area contributed by atoms with Gasteiger partial charge in [0.1, 0.15) is 12.4 Å². The molecule has 0 aromatic heterocycles. The minimum absolute atomic E-state index is 0.0170. The molecule has 0 aliphatic rings. The Kier molecular flexibility index (Phi) is 4.58. The Morgan fingerprint density at radius 2 is 1.94 bits per heavy atom. The molecular weight excluding hydrogens is 247 g/mol. The topological polar surface area (TPSA) is 29.5 Å². The van der Waals surface area contributed by atoms with Crippen molar-refractivity contribution in [2.45, 2.75) is 13.1 Å². The van der Waals surface area contributed by atoms with Crippen molar-refractivity contribution in [3.05, 3.63) is 29.8 Å². The minimum atomic E-state index is -4.84. The molecule has 0 spiro atoms. The molecule has 0 radical (unpaired) electrons. The second kappa shape index (κ2) is 5.75. The van der Waals surface area contributed by atoms with Crippen LogP contribution in [0.1, 0.15) is 5.56 Å². The van der Waals surface area contributed by atoms with E-state index in [0.29, 0.717) is 10.6 Å². The standard InChI is InChI=1S/C12H14F3NO2/c1-9-5-3-4-6-10(9)18-8-7-16(2)11(17)12(13,14)15/h3-6H,7-8H2,1-2H3. The lowest BCUT2D eigenvalue weighted by Gasteiger charge is -2.19. The first-order valence-electron chi connectivity index (χ1n) is 5.33. The third kappa shape index (κ3) is 3.94. The first kappa shape index (κ1) is 14.3. The van der Waals surface area contributed by atoms with Gasteiger partial charge in [-0.05, 0) is 18.6 Å². The van der Waals surface area contributed by atoms with Crippen LogP contribution in [0, 0.1) is 6.92 Å². The number of amides is 1. The van der Waals surface area contributed by atoms with Crippen molar-refractivity contribution in [1.29, 1.82) is 0 Å². The molecule has 0 saturated carbocycles. The summed E-state index contributed by atoms with van der Waals surface area (Å²) in [5.41, 5.74) is 0.891. The van der Waals surface area contributed by atoms with Crippen molar-refractivity contribution in [2.75, 3.05) is 20.2 Å². The van der Waals surface area contributed by atoms with Crippen molar-refractivity contribution in [3.63, 3.8) is 0 Å². The summed E-state index contributed by atoms with van der Waals surface area (Å²) < 4.78 is 41.6. The normalized spacial score (nSPS) is 11.2. The van der Waals surface area contributed by atoms with Crippen LogP contribution in [0.4, 0.5) is 13.2 Å². The summed E-state index contributed by atoms with van der Waals surface area (Å²) in [4.78, 5) is 11.4. The summed E-state index contributed by atoms with van der Waals surface area (Å²) in [6.45, 7) is 1.73. The van der Waals surface area contributed by atoms with Crippen LogP contribution in [0.3, 0.4) is 0 Å². The number of benzene rings is 1. The Hall–Kier alpha value is -1.72. The van der Waals surface area contributed by atoms with Gasteiger partial charge in [-0.15, -0.1) is 0 Å². The zero-order valence-corrected chi connectivity index (χ0v) is 10.1. The molecule has 6 heteroatoms. The highest BCUT2D eigenvalue weighted by atomic mass is 19.4. The number of likely N-dealkylation sites (N-methyl/N-ethyl adjacent to an activating group) is 1. The maximum atomic E-state index is 12.1. The first-order chi connectivity index (χ1) is 8.32. The number of rotatable bonds is 4. The van der Waals surface area contributed by atoms with Crippen molar-refractivity contribution in [3.8, 4) is 5.75 Å². The summed E-state index contributed by atoms with van der Waals surface area (Å²) in [5, 5.41) is 0. The quantitative estimate of drug-likeness (QED) is 0.833. The summed E-state index contributed by atoms with van der Waals surface area (Å²) in [6.07, 6.45) is -4.84. The van der Waals surface area contributed by atoms with E-state index in [9.17, 15) is 18.0 Å². The van der Waals surface area contributed by atoms with Gasteiger partial charge in [0.05, 0.1) is 6.54 Å². The number of carbonyl (C=O) groups excluding carboxylic acids is 1. The number of halogens is 3. The number of carbonyl (C=O) groups is 1. The first-order valence-corrected chi connectivity index (χ1v) is 5.33. The van der Waals surface area contributed by atoms with Crippen molar-refractivity contribution < 1.29 is 22.7 Å². The molecule has 0 aliphatic carbocycles. The Bertz CT molecular complexity index is 418. The lowest BCUT2D eigenvalue weighted by atomic mass is 10.2. The molecule has 1 rings (SSSR count). The predicted octanol–water partition coefficient (Wildman–Crippen LogP) is 2.39. The number of nitrogens with zero attached hydrogens (tertiary/aromatic N) is 1. The lowest BCUT2D eigenvalue weighted by Crippen LogP contribution is -2.40. The van der Waals surface area contributed by atoms with Gasteiger partial charge in [-0.2, -0.15) is 13.2 Å². The van der Waals surface area contributed by atoms with Crippen LogP contribution >= 0.6 is 0 Å². The van der Waals surface area contributed by atoms with Crippen molar-refractivity contribution in [1.82, 2.24) is 4.90 Å². The van der Waals surface area contributed by atoms with Gasteiger partial charge < -0.3 is 9.64 Å². The average molecular weight is 261 g/mol. The maximum Gasteiger partial charge on any atom is 0.471 e. The van der Waals surface area contributed by atoms with E-state index in [1.165, 1.54) is 0 Å². The smallest absolute Gasteiger partial charge is 0.471 e. The molecule has 0 aliphatic heterocycles. The van der Waals surface area contributed by atoms with Crippen LogP contribution in [0.25, 0.3) is 0 Å². The minimum Gasteiger partial charge on any atom is -0.491 e. The van der Waals surface area contributed by atoms with Gasteiger partial charge in [-0.1, -0.05) is 18.2 Å². The van der Waals surface area contributed by atoms with E-state index in [-0.39, 0.29) is 13.2 Å². The Morgan fingerprint density at radius 3 is 2.50 bits per heavy atom. The molecule has 1 amide bonds. The fourth-order valence-corrected chi connectivity index (χ4v) is 1.33. The molecule has 0 bridgehead atoms. The molecule has 3 nitrogen and oxygen atoms in total. The Labute approximate surface area is 103 Å². The Morgan fingerprint density at radius 1 is 1.33 bits per heavy atom. The molecule has 0 atom stereocenters. The second-order valence-electron chi connectivity index (χ2n) is 3.84. The maximum absolute atomic E-state index is 12.1. The van der Waals surface area contributed by atoms with E-state index in [1.807, 2.05) is 19.1 Å². The van der Waals surface area contributed by atoms with Gasteiger partial charge >= 0.3 is 12.1 Å². The number of ether oxygens (including phenoxy) is 1. The number of alkyl halides is 3. The van der Waals surface area contributed by atoms with Crippen LogP contribution in [0.5, 0.6) is 5.75 Å². The van der Waals surface area contributed by atoms with Gasteiger partial charge in [0, 0.05) is 7.05 Å². The fraction of sp³-hybridized carbons (Fsp3) is 0.417. The van der Waals surface area contributed by atoms with Gasteiger partial charge in [0.2, 0.25) is 0 Å². The molecule has 100 valence electrons. The number of aryl methyl sites for hydroxylation is 1. The third-order valence-corrected chi connectivity index (χ3v) is 2.37. The molecular formula is C12H14F3NO2. The summed E-state index contributed by atoms with van der Waals surface area (Å²) in [6, 6.07) is 7.16. The van der Waals surface area contributed by atoms with Gasteiger partial charge in [-0.25, -0.2) is 0 Å². The van der Waals surface area contributed by atoms with Gasteiger partial charge in [0.15, 0.2) is 0 Å². The van der Waals surface area contributed by atoms with E-state index < -0.39 is 12.1 Å². The lowest BCUT2D eigenvalue weighted by molar-refractivity contribution is -0.184. The van der Waals surface area contributed by atoms with Crippen LogP contribution in [-0.4, -0.2) is 37.2 Å². The molecule has 0 unspecified atom stereocenters. The average Bonchev–Trinajstić information content (AvgIpc) is 2.29. The van der Waals surface area contributed by atoms with Crippen molar-refractivity contribution in [2.24, 2.45) is 0 Å². The molecule has 0 N–H and O–H groups in total. The number of para-hydroxylation sites is 1. The third-order valence-electron chi connectivity index (χ3n) is 2.37. The monoisotopic (exact) mass is 261 g/mol. The summed E-state index contributed by atoms with van der Waals surface area (Å²) in [5.74, 6) is -1.26. The predicted molar refractivity (Wildman–Crippen MR) is 60.4 cm³/mol. The van der Waals surface area contributed by atoms with Gasteiger partial charge in [0.25, 0.3) is 0 Å². The number of hydrogen-bond donors (Lipinski definition) is 0. The molecule has 1 aromatic rings. The zero-order valence-electron chi connectivity index (χ0n) is 10.1. The molecule has 0 saturated heterocycles. The molecule has 1 aromatic carbocycles. The van der Waals surface area contributed by atoms with E-state index in [2.05, 4.69) is 0 Å². The number of hydrogen-bond acceptors (Lipinski definition) is 2. The highest BCUT2D eigenvalue weighted by Gasteiger charge is 2.41. The van der Waals surface area contributed by atoms with E-state index in [0.717, 1.165) is 12.6 Å². The van der Waals surface area contributed by atoms with Gasteiger partial charge in [-0.3, -0.25) is 4.79 Å². The molecule has 18 heavy (non-hydrogen) atoms. The van der Waals surface area contributed by atoms with Crippen LogP contribution in [0.2, 0.25) is 0 Å². The van der Waals surface area contributed by atoms with Crippen LogP contribution in [0.15, 0.2) is 24.3 Å².